The maximum Gasteiger partial charge on any atom is 0.278 e. The number of hydrogen-bond donors (Lipinski definition) is 1. The van der Waals surface area contributed by atoms with Crippen LogP contribution in [0.2, 0.25) is 5.02 Å². The van der Waals surface area contributed by atoms with Crippen molar-refractivity contribution in [3.63, 3.8) is 0 Å². The van der Waals surface area contributed by atoms with Crippen LogP contribution in [0.4, 0.5) is 11.4 Å². The van der Waals surface area contributed by atoms with Crippen molar-refractivity contribution in [3.8, 4) is 0 Å². The number of aromatic nitrogens is 2. The average Bonchev–Trinajstić information content (AvgIpc) is 3.04. The van der Waals surface area contributed by atoms with Crippen LogP contribution in [-0.2, 0) is 17.8 Å². The van der Waals surface area contributed by atoms with E-state index in [0.29, 0.717) is 10.7 Å². The van der Waals surface area contributed by atoms with E-state index in [-0.39, 0.29) is 24.2 Å². The molecule has 30 heavy (non-hydrogen) atoms. The summed E-state index contributed by atoms with van der Waals surface area (Å²) in [6.07, 6.45) is 0.754. The van der Waals surface area contributed by atoms with Crippen LogP contribution in [0.25, 0.3) is 0 Å². The average molecular weight is 423 g/mol. The topological polar surface area (TPSA) is 84.3 Å². The summed E-state index contributed by atoms with van der Waals surface area (Å²) in [6.45, 7) is 1.64. The first-order chi connectivity index (χ1) is 14.4. The SMILES string of the molecule is C[C@H]1Cc2ccccc2N1C(=O)c1ccc(=O)n(CC(=O)Nc2cccc(Cl)c2)n1. The molecule has 3 aromatic rings. The molecule has 0 spiro atoms. The number of halogens is 1. The number of nitrogens with zero attached hydrogens (tertiary/aromatic N) is 3. The van der Waals surface area contributed by atoms with Gasteiger partial charge < -0.3 is 10.2 Å². The molecule has 0 fully saturated rings. The Bertz CT molecular complexity index is 1190. The van der Waals surface area contributed by atoms with Crippen LogP contribution in [0, 0.1) is 0 Å². The molecule has 1 N–H and O–H groups in total. The Morgan fingerprint density at radius 3 is 2.73 bits per heavy atom. The monoisotopic (exact) mass is 422 g/mol. The molecule has 0 unspecified atom stereocenters. The first kappa shape index (κ1) is 19.8. The fourth-order valence-corrected chi connectivity index (χ4v) is 3.77. The van der Waals surface area contributed by atoms with Crippen molar-refractivity contribution in [2.24, 2.45) is 0 Å². The maximum atomic E-state index is 13.1. The van der Waals surface area contributed by atoms with Crippen LogP contribution in [0.5, 0.6) is 0 Å². The first-order valence-corrected chi connectivity index (χ1v) is 9.85. The van der Waals surface area contributed by atoms with E-state index in [4.69, 9.17) is 11.6 Å². The molecular weight excluding hydrogens is 404 g/mol. The molecule has 1 aliphatic rings. The van der Waals surface area contributed by atoms with E-state index in [0.717, 1.165) is 22.4 Å². The third-order valence-corrected chi connectivity index (χ3v) is 5.15. The second kappa shape index (κ2) is 8.12. The zero-order chi connectivity index (χ0) is 21.3. The summed E-state index contributed by atoms with van der Waals surface area (Å²) in [4.78, 5) is 39.4. The highest BCUT2D eigenvalue weighted by molar-refractivity contribution is 6.30. The molecule has 152 valence electrons. The number of carbonyl (C=O) groups excluding carboxylic acids is 2. The van der Waals surface area contributed by atoms with Crippen molar-refractivity contribution < 1.29 is 9.59 Å². The lowest BCUT2D eigenvalue weighted by molar-refractivity contribution is -0.117. The number of nitrogens with one attached hydrogen (secondary N) is 1. The van der Waals surface area contributed by atoms with E-state index >= 15 is 0 Å². The minimum atomic E-state index is -0.470. The Labute approximate surface area is 177 Å². The Morgan fingerprint density at radius 2 is 1.93 bits per heavy atom. The van der Waals surface area contributed by atoms with E-state index in [1.807, 2.05) is 31.2 Å². The number of hydrogen-bond acceptors (Lipinski definition) is 4. The van der Waals surface area contributed by atoms with Gasteiger partial charge in [0.2, 0.25) is 5.91 Å². The van der Waals surface area contributed by atoms with Gasteiger partial charge in [-0.3, -0.25) is 14.4 Å². The molecule has 0 saturated heterocycles. The molecule has 1 aromatic heterocycles. The van der Waals surface area contributed by atoms with E-state index < -0.39 is 11.5 Å². The third-order valence-electron chi connectivity index (χ3n) is 4.91. The number of fused-ring (bicyclic) bond motifs is 1. The molecule has 0 bridgehead atoms. The van der Waals surface area contributed by atoms with E-state index in [2.05, 4.69) is 10.4 Å². The Hall–Kier alpha value is -3.45. The minimum Gasteiger partial charge on any atom is -0.324 e. The molecule has 0 saturated carbocycles. The van der Waals surface area contributed by atoms with Gasteiger partial charge in [-0.15, -0.1) is 0 Å². The van der Waals surface area contributed by atoms with Gasteiger partial charge in [-0.2, -0.15) is 5.10 Å². The highest BCUT2D eigenvalue weighted by atomic mass is 35.5. The van der Waals surface area contributed by atoms with Gasteiger partial charge in [0.15, 0.2) is 0 Å². The lowest BCUT2D eigenvalue weighted by atomic mass is 10.1. The molecule has 2 aromatic carbocycles. The van der Waals surface area contributed by atoms with Crippen molar-refractivity contribution >= 4 is 34.8 Å². The standard InChI is InChI=1S/C22H19ClN4O3/c1-14-11-15-5-2-3-8-19(15)27(14)22(30)18-9-10-21(29)26(25-18)13-20(28)24-17-7-4-6-16(23)12-17/h2-10,12,14H,11,13H2,1H3,(H,24,28)/t14-/m0/s1. The van der Waals surface area contributed by atoms with Crippen LogP contribution < -0.4 is 15.8 Å². The van der Waals surface area contributed by atoms with Crippen LogP contribution in [0.1, 0.15) is 23.0 Å². The Kier molecular flexibility index (Phi) is 5.37. The number of benzene rings is 2. The number of carbonyl (C=O) groups is 2. The number of anilines is 2. The Balaban J connectivity index is 1.55. The first-order valence-electron chi connectivity index (χ1n) is 9.47. The van der Waals surface area contributed by atoms with Crippen molar-refractivity contribution in [2.75, 3.05) is 10.2 Å². The van der Waals surface area contributed by atoms with Gasteiger partial charge in [0, 0.05) is 28.5 Å². The lowest BCUT2D eigenvalue weighted by Crippen LogP contribution is -2.38. The van der Waals surface area contributed by atoms with Crippen LogP contribution in [0.3, 0.4) is 0 Å². The maximum absolute atomic E-state index is 13.1. The Morgan fingerprint density at radius 1 is 1.13 bits per heavy atom. The van der Waals surface area contributed by atoms with Crippen LogP contribution in [-0.4, -0.2) is 27.6 Å². The van der Waals surface area contributed by atoms with Gasteiger partial charge in [0.25, 0.3) is 11.5 Å². The summed E-state index contributed by atoms with van der Waals surface area (Å²) in [6, 6.07) is 17.0. The second-order valence-corrected chi connectivity index (χ2v) is 7.57. The smallest absolute Gasteiger partial charge is 0.278 e. The molecule has 0 aliphatic carbocycles. The number of rotatable bonds is 4. The molecule has 8 heteroatoms. The van der Waals surface area contributed by atoms with Gasteiger partial charge in [-0.1, -0.05) is 35.9 Å². The molecule has 2 heterocycles. The predicted octanol–water partition coefficient (Wildman–Crippen LogP) is 3.13. The molecule has 2 amide bonds. The fourth-order valence-electron chi connectivity index (χ4n) is 3.58. The zero-order valence-corrected chi connectivity index (χ0v) is 17.0. The van der Waals surface area contributed by atoms with E-state index in [1.165, 1.54) is 12.1 Å². The highest BCUT2D eigenvalue weighted by Crippen LogP contribution is 2.32. The van der Waals surface area contributed by atoms with Gasteiger partial charge in [0.05, 0.1) is 0 Å². The molecule has 0 radical (unpaired) electrons. The van der Waals surface area contributed by atoms with Crippen molar-refractivity contribution in [1.29, 1.82) is 0 Å². The van der Waals surface area contributed by atoms with E-state index in [1.54, 1.807) is 29.2 Å². The largest absolute Gasteiger partial charge is 0.324 e. The number of para-hydroxylation sites is 1. The summed E-state index contributed by atoms with van der Waals surface area (Å²) >= 11 is 5.92. The van der Waals surface area contributed by atoms with Gasteiger partial charge >= 0.3 is 0 Å². The van der Waals surface area contributed by atoms with Crippen molar-refractivity contribution in [3.05, 3.63) is 87.3 Å². The fraction of sp³-hybridized carbons (Fsp3) is 0.182. The lowest BCUT2D eigenvalue weighted by Gasteiger charge is -2.22. The summed E-state index contributed by atoms with van der Waals surface area (Å²) in [5, 5.41) is 7.30. The highest BCUT2D eigenvalue weighted by Gasteiger charge is 2.32. The van der Waals surface area contributed by atoms with Crippen LogP contribution in [0.15, 0.2) is 65.5 Å². The number of amides is 2. The molecular formula is C22H19ClN4O3. The van der Waals surface area contributed by atoms with Crippen molar-refractivity contribution in [2.45, 2.75) is 25.9 Å². The summed E-state index contributed by atoms with van der Waals surface area (Å²) < 4.78 is 0.986. The summed E-state index contributed by atoms with van der Waals surface area (Å²) in [7, 11) is 0. The van der Waals surface area contributed by atoms with Gasteiger partial charge in [-0.25, -0.2) is 4.68 Å². The van der Waals surface area contributed by atoms with Gasteiger partial charge in [-0.05, 0) is 49.2 Å². The summed E-state index contributed by atoms with van der Waals surface area (Å²) in [5.41, 5.74) is 2.08. The molecule has 7 nitrogen and oxygen atoms in total. The molecule has 1 atom stereocenters. The molecule has 1 aliphatic heterocycles. The van der Waals surface area contributed by atoms with E-state index in [9.17, 15) is 14.4 Å². The normalized spacial score (nSPS) is 15.0. The quantitative estimate of drug-likeness (QED) is 0.700. The third kappa shape index (κ3) is 3.97. The zero-order valence-electron chi connectivity index (χ0n) is 16.2. The van der Waals surface area contributed by atoms with Crippen LogP contribution >= 0.6 is 11.6 Å². The predicted molar refractivity (Wildman–Crippen MR) is 115 cm³/mol. The van der Waals surface area contributed by atoms with Crippen molar-refractivity contribution in [1.82, 2.24) is 9.78 Å². The summed E-state index contributed by atoms with van der Waals surface area (Å²) in [5.74, 6) is -0.757. The second-order valence-electron chi connectivity index (χ2n) is 7.13. The minimum absolute atomic E-state index is 0.0248. The van der Waals surface area contributed by atoms with Gasteiger partial charge in [0.1, 0.15) is 12.2 Å². The molecule has 4 rings (SSSR count).